The molecule has 0 amide bonds. The fourth-order valence-corrected chi connectivity index (χ4v) is 1.69. The molecule has 0 N–H and O–H groups in total. The first kappa shape index (κ1) is 22.4. The molecule has 0 atom stereocenters. The quantitative estimate of drug-likeness (QED) is 0.373. The van der Waals surface area contributed by atoms with Crippen molar-refractivity contribution in [3.8, 4) is 0 Å². The van der Waals surface area contributed by atoms with Gasteiger partial charge < -0.3 is 19.8 Å². The van der Waals surface area contributed by atoms with Gasteiger partial charge in [0.1, 0.15) is 0 Å². The molecule has 0 unspecified atom stereocenters. The standard InChI is InChI=1S/C9H16O4.2K/c1-5(2)9(6(3)4,7(10)11)8(12)13;;/h5-6H,1-4H3,(H,10,11)(H,12,13);;/q;2*+1/p-2. The number of carbonyl (C=O) groups is 2. The second-order valence-electron chi connectivity index (χ2n) is 3.75. The van der Waals surface area contributed by atoms with E-state index in [1.807, 2.05) is 0 Å². The summed E-state index contributed by atoms with van der Waals surface area (Å²) in [6.07, 6.45) is 0. The van der Waals surface area contributed by atoms with Gasteiger partial charge in [-0.15, -0.1) is 0 Å². The molecule has 76 valence electrons. The number of aliphatic carboxylic acids is 2. The number of hydrogen-bond donors (Lipinski definition) is 0. The van der Waals surface area contributed by atoms with Crippen LogP contribution in [-0.4, -0.2) is 11.9 Å². The van der Waals surface area contributed by atoms with Gasteiger partial charge in [-0.1, -0.05) is 27.7 Å². The van der Waals surface area contributed by atoms with Gasteiger partial charge in [-0.2, -0.15) is 0 Å². The summed E-state index contributed by atoms with van der Waals surface area (Å²) in [5.41, 5.74) is -1.89. The van der Waals surface area contributed by atoms with E-state index in [0.717, 1.165) is 0 Å². The molecule has 15 heavy (non-hydrogen) atoms. The molecule has 0 fully saturated rings. The molecule has 0 aromatic rings. The number of rotatable bonds is 4. The molecule has 0 heterocycles. The molecule has 0 radical (unpaired) electrons. The van der Waals surface area contributed by atoms with Crippen molar-refractivity contribution >= 4 is 11.9 Å². The monoisotopic (exact) mass is 264 g/mol. The van der Waals surface area contributed by atoms with Crippen LogP contribution in [0, 0.1) is 17.3 Å². The SMILES string of the molecule is CC(C)C(C(=O)[O-])(C(=O)[O-])C(C)C.[K+].[K+]. The Bertz CT molecular complexity index is 202. The van der Waals surface area contributed by atoms with Crippen LogP contribution < -0.4 is 113 Å². The average Bonchev–Trinajstić information content (AvgIpc) is 1.82. The summed E-state index contributed by atoms with van der Waals surface area (Å²) in [7, 11) is 0. The van der Waals surface area contributed by atoms with Crippen LogP contribution in [0.5, 0.6) is 0 Å². The van der Waals surface area contributed by atoms with E-state index >= 15 is 0 Å². The zero-order valence-corrected chi connectivity index (χ0v) is 16.5. The van der Waals surface area contributed by atoms with Crippen molar-refractivity contribution in [3.63, 3.8) is 0 Å². The molecule has 0 bridgehead atoms. The summed E-state index contributed by atoms with van der Waals surface area (Å²) >= 11 is 0. The van der Waals surface area contributed by atoms with Gasteiger partial charge in [0.2, 0.25) is 0 Å². The van der Waals surface area contributed by atoms with E-state index in [9.17, 15) is 19.8 Å². The Hall–Kier alpha value is 2.21. The third-order valence-electron chi connectivity index (χ3n) is 2.50. The smallest absolute Gasteiger partial charge is 0.549 e. The molecule has 0 aliphatic rings. The van der Waals surface area contributed by atoms with Gasteiger partial charge in [-0.3, -0.25) is 0 Å². The van der Waals surface area contributed by atoms with Crippen molar-refractivity contribution in [3.05, 3.63) is 0 Å². The summed E-state index contributed by atoms with van der Waals surface area (Å²) in [5, 5.41) is 21.6. The van der Waals surface area contributed by atoms with Crippen molar-refractivity contribution in [2.75, 3.05) is 0 Å². The Kier molecular flexibility index (Phi) is 13.7. The maximum atomic E-state index is 10.8. The normalized spacial score (nSPS) is 10.5. The molecule has 4 nitrogen and oxygen atoms in total. The maximum absolute atomic E-state index is 10.8. The van der Waals surface area contributed by atoms with E-state index in [0.29, 0.717) is 0 Å². The Morgan fingerprint density at radius 1 is 0.867 bits per heavy atom. The minimum absolute atomic E-state index is 0. The van der Waals surface area contributed by atoms with E-state index in [1.54, 1.807) is 0 Å². The maximum Gasteiger partial charge on any atom is 1.00 e. The fraction of sp³-hybridized carbons (Fsp3) is 0.778. The van der Waals surface area contributed by atoms with Crippen molar-refractivity contribution in [1.82, 2.24) is 0 Å². The number of carbonyl (C=O) groups excluding carboxylic acids is 2. The van der Waals surface area contributed by atoms with E-state index in [2.05, 4.69) is 0 Å². The van der Waals surface area contributed by atoms with Crippen molar-refractivity contribution < 1.29 is 123 Å². The predicted molar refractivity (Wildman–Crippen MR) is 42.1 cm³/mol. The first-order chi connectivity index (χ1) is 5.77. The summed E-state index contributed by atoms with van der Waals surface area (Å²) in [6, 6.07) is 0. The first-order valence-corrected chi connectivity index (χ1v) is 4.20. The van der Waals surface area contributed by atoms with Gasteiger partial charge in [0.15, 0.2) is 0 Å². The molecule has 0 aromatic heterocycles. The molecular weight excluding hydrogens is 250 g/mol. The van der Waals surface area contributed by atoms with Gasteiger partial charge >= 0.3 is 103 Å². The molecule has 0 aliphatic heterocycles. The van der Waals surface area contributed by atoms with Crippen LogP contribution in [0.4, 0.5) is 0 Å². The van der Waals surface area contributed by atoms with E-state index < -0.39 is 29.2 Å². The number of hydrogen-bond acceptors (Lipinski definition) is 4. The van der Waals surface area contributed by atoms with Crippen molar-refractivity contribution in [2.24, 2.45) is 17.3 Å². The van der Waals surface area contributed by atoms with Crippen LogP contribution in [0.25, 0.3) is 0 Å². The first-order valence-electron chi connectivity index (χ1n) is 4.20. The summed E-state index contributed by atoms with van der Waals surface area (Å²) in [6.45, 7) is 6.13. The van der Waals surface area contributed by atoms with E-state index in [-0.39, 0.29) is 103 Å². The van der Waals surface area contributed by atoms with Gasteiger partial charge in [0.25, 0.3) is 0 Å². The van der Waals surface area contributed by atoms with Gasteiger partial charge in [-0.05, 0) is 11.8 Å². The molecular formula is C9H14K2O4. The van der Waals surface area contributed by atoms with Crippen LogP contribution in [-0.2, 0) is 9.59 Å². The van der Waals surface area contributed by atoms with Gasteiger partial charge in [0, 0.05) is 0 Å². The second kappa shape index (κ2) is 9.18. The topological polar surface area (TPSA) is 80.3 Å². The van der Waals surface area contributed by atoms with Crippen molar-refractivity contribution in [1.29, 1.82) is 0 Å². The van der Waals surface area contributed by atoms with E-state index in [4.69, 9.17) is 0 Å². The average molecular weight is 264 g/mol. The molecule has 0 aromatic carbocycles. The minimum atomic E-state index is -1.89. The summed E-state index contributed by atoms with van der Waals surface area (Å²) < 4.78 is 0. The van der Waals surface area contributed by atoms with Crippen LogP contribution in [0.1, 0.15) is 27.7 Å². The molecule has 6 heteroatoms. The zero-order chi connectivity index (χ0) is 10.8. The van der Waals surface area contributed by atoms with Crippen LogP contribution >= 0.6 is 0 Å². The third-order valence-corrected chi connectivity index (χ3v) is 2.50. The van der Waals surface area contributed by atoms with E-state index in [1.165, 1.54) is 27.7 Å². The second-order valence-corrected chi connectivity index (χ2v) is 3.75. The van der Waals surface area contributed by atoms with Crippen LogP contribution in [0.2, 0.25) is 0 Å². The fourth-order valence-electron chi connectivity index (χ4n) is 1.69. The van der Waals surface area contributed by atoms with Crippen molar-refractivity contribution in [2.45, 2.75) is 27.7 Å². The Morgan fingerprint density at radius 2 is 1.07 bits per heavy atom. The molecule has 0 rings (SSSR count). The zero-order valence-electron chi connectivity index (χ0n) is 10.3. The third kappa shape index (κ3) is 4.77. The Balaban J connectivity index is -0.000000720. The summed E-state index contributed by atoms with van der Waals surface area (Å²) in [5.74, 6) is -4.25. The largest absolute Gasteiger partial charge is 1.00 e. The predicted octanol–water partition coefficient (Wildman–Crippen LogP) is -7.21. The minimum Gasteiger partial charge on any atom is -0.549 e. The van der Waals surface area contributed by atoms with Crippen LogP contribution in [0.3, 0.4) is 0 Å². The van der Waals surface area contributed by atoms with Gasteiger partial charge in [0.05, 0.1) is 17.4 Å². The summed E-state index contributed by atoms with van der Waals surface area (Å²) in [4.78, 5) is 21.6. The number of carboxylic acid groups (broad SMARTS) is 2. The van der Waals surface area contributed by atoms with Gasteiger partial charge in [-0.25, -0.2) is 0 Å². The Labute approximate surface area is 175 Å². The molecule has 0 saturated carbocycles. The molecule has 0 aliphatic carbocycles. The Morgan fingerprint density at radius 3 is 1.07 bits per heavy atom. The number of carboxylic acids is 2. The molecule has 0 spiro atoms. The van der Waals surface area contributed by atoms with Crippen LogP contribution in [0.15, 0.2) is 0 Å². The molecule has 0 saturated heterocycles.